The van der Waals surface area contributed by atoms with Crippen molar-refractivity contribution in [3.8, 4) is 0 Å². The first-order chi connectivity index (χ1) is 8.99. The number of nitrogens with zero attached hydrogens (tertiary/aromatic N) is 1. The number of hydrogen-bond donors (Lipinski definition) is 1. The Hall–Kier alpha value is -1.51. The molecule has 0 radical (unpaired) electrons. The highest BCUT2D eigenvalue weighted by molar-refractivity contribution is 5.95. The van der Waals surface area contributed by atoms with Gasteiger partial charge in [0.05, 0.1) is 0 Å². The molecule has 1 aromatic carbocycles. The van der Waals surface area contributed by atoms with Crippen LogP contribution in [0.5, 0.6) is 0 Å². The minimum atomic E-state index is 0.103. The number of carbonyl (C=O) groups excluding carboxylic acids is 1. The van der Waals surface area contributed by atoms with Crippen molar-refractivity contribution in [2.75, 3.05) is 18.4 Å². The van der Waals surface area contributed by atoms with Gasteiger partial charge in [-0.2, -0.15) is 0 Å². The van der Waals surface area contributed by atoms with Crippen LogP contribution < -0.4 is 5.32 Å². The lowest BCUT2D eigenvalue weighted by Gasteiger charge is -2.21. The van der Waals surface area contributed by atoms with Crippen LogP contribution in [0.25, 0.3) is 0 Å². The second-order valence-electron chi connectivity index (χ2n) is 5.24. The average molecular weight is 262 g/mol. The zero-order valence-corrected chi connectivity index (χ0v) is 12.7. The van der Waals surface area contributed by atoms with Gasteiger partial charge in [-0.25, -0.2) is 0 Å². The zero-order chi connectivity index (χ0) is 14.4. The SMILES string of the molecule is CCN(CC)C(=O)c1cccc(NC(C)C(C)C)c1. The zero-order valence-electron chi connectivity index (χ0n) is 12.7. The molecule has 0 saturated carbocycles. The Morgan fingerprint density at radius 2 is 1.84 bits per heavy atom. The van der Waals surface area contributed by atoms with E-state index in [1.807, 2.05) is 43.0 Å². The minimum Gasteiger partial charge on any atom is -0.382 e. The van der Waals surface area contributed by atoms with Gasteiger partial charge in [0.2, 0.25) is 0 Å². The third kappa shape index (κ3) is 4.27. The number of hydrogen-bond acceptors (Lipinski definition) is 2. The van der Waals surface area contributed by atoms with Crippen LogP contribution in [0.3, 0.4) is 0 Å². The molecule has 0 bridgehead atoms. The van der Waals surface area contributed by atoms with E-state index in [1.165, 1.54) is 0 Å². The van der Waals surface area contributed by atoms with Crippen molar-refractivity contribution >= 4 is 11.6 Å². The van der Waals surface area contributed by atoms with Gasteiger partial charge in [0.15, 0.2) is 0 Å². The van der Waals surface area contributed by atoms with Crippen molar-refractivity contribution in [1.82, 2.24) is 4.90 Å². The van der Waals surface area contributed by atoms with Gasteiger partial charge in [0.25, 0.3) is 5.91 Å². The summed E-state index contributed by atoms with van der Waals surface area (Å²) in [5.74, 6) is 0.660. The summed E-state index contributed by atoms with van der Waals surface area (Å²) in [6.07, 6.45) is 0. The van der Waals surface area contributed by atoms with Crippen LogP contribution in [0.2, 0.25) is 0 Å². The van der Waals surface area contributed by atoms with E-state index in [2.05, 4.69) is 26.1 Å². The first kappa shape index (κ1) is 15.5. The maximum atomic E-state index is 12.3. The fraction of sp³-hybridized carbons (Fsp3) is 0.562. The van der Waals surface area contributed by atoms with E-state index in [1.54, 1.807) is 0 Å². The largest absolute Gasteiger partial charge is 0.382 e. The fourth-order valence-electron chi connectivity index (χ4n) is 1.86. The van der Waals surface area contributed by atoms with E-state index < -0.39 is 0 Å². The highest BCUT2D eigenvalue weighted by atomic mass is 16.2. The van der Waals surface area contributed by atoms with Gasteiger partial charge in [0.1, 0.15) is 0 Å². The summed E-state index contributed by atoms with van der Waals surface area (Å²) >= 11 is 0. The minimum absolute atomic E-state index is 0.103. The number of benzene rings is 1. The molecule has 106 valence electrons. The standard InChI is InChI=1S/C16H26N2O/c1-6-18(7-2)16(19)14-9-8-10-15(11-14)17-13(5)12(3)4/h8-13,17H,6-7H2,1-5H3. The van der Waals surface area contributed by atoms with E-state index in [4.69, 9.17) is 0 Å². The number of amides is 1. The molecule has 3 nitrogen and oxygen atoms in total. The van der Waals surface area contributed by atoms with E-state index in [0.29, 0.717) is 12.0 Å². The van der Waals surface area contributed by atoms with Gasteiger partial charge in [0, 0.05) is 30.4 Å². The van der Waals surface area contributed by atoms with Gasteiger partial charge < -0.3 is 10.2 Å². The Balaban J connectivity index is 2.85. The lowest BCUT2D eigenvalue weighted by atomic mass is 10.1. The summed E-state index contributed by atoms with van der Waals surface area (Å²) in [7, 11) is 0. The summed E-state index contributed by atoms with van der Waals surface area (Å²) < 4.78 is 0. The van der Waals surface area contributed by atoms with Crippen LogP contribution >= 0.6 is 0 Å². The molecule has 1 atom stereocenters. The topological polar surface area (TPSA) is 32.3 Å². The van der Waals surface area contributed by atoms with Gasteiger partial charge in [-0.15, -0.1) is 0 Å². The maximum Gasteiger partial charge on any atom is 0.253 e. The van der Waals surface area contributed by atoms with Crippen LogP contribution in [0, 0.1) is 5.92 Å². The third-order valence-corrected chi connectivity index (χ3v) is 3.55. The summed E-state index contributed by atoms with van der Waals surface area (Å²) in [6.45, 7) is 12.0. The third-order valence-electron chi connectivity index (χ3n) is 3.55. The monoisotopic (exact) mass is 262 g/mol. The first-order valence-electron chi connectivity index (χ1n) is 7.15. The maximum absolute atomic E-state index is 12.3. The van der Waals surface area contributed by atoms with Crippen LogP contribution in [0.4, 0.5) is 5.69 Å². The van der Waals surface area contributed by atoms with E-state index in [0.717, 1.165) is 24.3 Å². The molecular formula is C16H26N2O. The Labute approximate surface area is 117 Å². The van der Waals surface area contributed by atoms with E-state index >= 15 is 0 Å². The lowest BCUT2D eigenvalue weighted by molar-refractivity contribution is 0.0773. The molecule has 1 N–H and O–H groups in total. The second-order valence-corrected chi connectivity index (χ2v) is 5.24. The van der Waals surface area contributed by atoms with Crippen LogP contribution in [-0.2, 0) is 0 Å². The Bertz CT molecular complexity index is 411. The molecule has 0 heterocycles. The number of rotatable bonds is 6. The molecule has 1 amide bonds. The number of anilines is 1. The lowest BCUT2D eigenvalue weighted by Crippen LogP contribution is -2.30. The number of nitrogens with one attached hydrogen (secondary N) is 1. The number of carbonyl (C=O) groups is 1. The Morgan fingerprint density at radius 1 is 1.21 bits per heavy atom. The summed E-state index contributed by atoms with van der Waals surface area (Å²) in [4.78, 5) is 14.1. The molecule has 0 spiro atoms. The molecule has 0 saturated heterocycles. The fourth-order valence-corrected chi connectivity index (χ4v) is 1.86. The average Bonchev–Trinajstić information content (AvgIpc) is 2.40. The molecule has 1 rings (SSSR count). The van der Waals surface area contributed by atoms with Crippen LogP contribution in [0.1, 0.15) is 45.0 Å². The normalized spacial score (nSPS) is 12.3. The molecule has 0 aliphatic rings. The Kier molecular flexibility index (Phi) is 5.87. The molecule has 0 aliphatic heterocycles. The second kappa shape index (κ2) is 7.17. The van der Waals surface area contributed by atoms with Gasteiger partial charge in [-0.05, 0) is 44.9 Å². The molecule has 19 heavy (non-hydrogen) atoms. The van der Waals surface area contributed by atoms with Crippen molar-refractivity contribution < 1.29 is 4.79 Å². The summed E-state index contributed by atoms with van der Waals surface area (Å²) in [5.41, 5.74) is 1.77. The quantitative estimate of drug-likeness (QED) is 0.849. The molecule has 1 unspecified atom stereocenters. The van der Waals surface area contributed by atoms with Gasteiger partial charge in [-0.3, -0.25) is 4.79 Å². The molecule has 1 aromatic rings. The highest BCUT2D eigenvalue weighted by Crippen LogP contribution is 2.16. The molecule has 0 fully saturated rings. The van der Waals surface area contributed by atoms with E-state index in [9.17, 15) is 4.79 Å². The van der Waals surface area contributed by atoms with Gasteiger partial charge >= 0.3 is 0 Å². The molecule has 3 heteroatoms. The molecular weight excluding hydrogens is 236 g/mol. The van der Waals surface area contributed by atoms with Crippen LogP contribution in [0.15, 0.2) is 24.3 Å². The van der Waals surface area contributed by atoms with Crippen LogP contribution in [-0.4, -0.2) is 29.9 Å². The van der Waals surface area contributed by atoms with E-state index in [-0.39, 0.29) is 5.91 Å². The predicted octanol–water partition coefficient (Wildman–Crippen LogP) is 3.63. The van der Waals surface area contributed by atoms with Crippen molar-refractivity contribution in [2.24, 2.45) is 5.92 Å². The van der Waals surface area contributed by atoms with Crippen molar-refractivity contribution in [3.63, 3.8) is 0 Å². The smallest absolute Gasteiger partial charge is 0.253 e. The van der Waals surface area contributed by atoms with Crippen molar-refractivity contribution in [3.05, 3.63) is 29.8 Å². The Morgan fingerprint density at radius 3 is 2.37 bits per heavy atom. The summed E-state index contributed by atoms with van der Waals surface area (Å²) in [6, 6.07) is 8.16. The molecule has 0 aliphatic carbocycles. The summed E-state index contributed by atoms with van der Waals surface area (Å²) in [5, 5.41) is 3.44. The van der Waals surface area contributed by atoms with Crippen molar-refractivity contribution in [2.45, 2.75) is 40.7 Å². The molecule has 0 aromatic heterocycles. The van der Waals surface area contributed by atoms with Crippen molar-refractivity contribution in [1.29, 1.82) is 0 Å². The first-order valence-corrected chi connectivity index (χ1v) is 7.15. The predicted molar refractivity (Wildman–Crippen MR) is 81.6 cm³/mol. The van der Waals surface area contributed by atoms with Gasteiger partial charge in [-0.1, -0.05) is 19.9 Å². The highest BCUT2D eigenvalue weighted by Gasteiger charge is 2.13.